The highest BCUT2D eigenvalue weighted by molar-refractivity contribution is 6.81. The summed E-state index contributed by atoms with van der Waals surface area (Å²) in [5.41, 5.74) is -0.289. The van der Waals surface area contributed by atoms with E-state index in [0.717, 1.165) is 0 Å². The normalized spacial score (nSPS) is 16.2. The van der Waals surface area contributed by atoms with Crippen molar-refractivity contribution in [2.45, 2.75) is 44.6 Å². The topological polar surface area (TPSA) is 20.2 Å². The largest absolute Gasteiger partial charge is 0.393 e. The minimum Gasteiger partial charge on any atom is -0.393 e. The van der Waals surface area contributed by atoms with E-state index in [1.54, 1.807) is 6.08 Å². The Kier molecular flexibility index (Phi) is 3.09. The van der Waals surface area contributed by atoms with Gasteiger partial charge < -0.3 is 5.11 Å². The second kappa shape index (κ2) is 3.11. The van der Waals surface area contributed by atoms with E-state index in [1.165, 1.54) is 0 Å². The molecule has 1 N–H and O–H groups in total. The van der Waals surface area contributed by atoms with E-state index in [2.05, 4.69) is 40.4 Å². The minimum absolute atomic E-state index is 0.237. The first-order chi connectivity index (χ1) is 4.73. The number of rotatable bonds is 2. The lowest BCUT2D eigenvalue weighted by molar-refractivity contribution is 0.284. The highest BCUT2D eigenvalue weighted by Gasteiger charge is 2.39. The summed E-state index contributed by atoms with van der Waals surface area (Å²) in [5.74, 6) is 0. The Balaban J connectivity index is 4.58. The van der Waals surface area contributed by atoms with Crippen LogP contribution in [-0.4, -0.2) is 18.9 Å². The molecule has 0 aromatic rings. The van der Waals surface area contributed by atoms with Gasteiger partial charge in [0, 0.05) is 0 Å². The van der Waals surface area contributed by atoms with E-state index in [0.29, 0.717) is 0 Å². The van der Waals surface area contributed by atoms with E-state index < -0.39 is 8.07 Å². The molecule has 0 aromatic heterocycles. The number of hydrogen-bond acceptors (Lipinski definition) is 1. The SMILES string of the molecule is C=C[C@@H](O)[Si](C)(C)C(C)(C)C. The Morgan fingerprint density at radius 1 is 1.36 bits per heavy atom. The lowest BCUT2D eigenvalue weighted by atomic mass is 10.2. The summed E-state index contributed by atoms with van der Waals surface area (Å²) in [5, 5.41) is 9.90. The summed E-state index contributed by atoms with van der Waals surface area (Å²) >= 11 is 0. The molecule has 0 aliphatic heterocycles. The van der Waals surface area contributed by atoms with Crippen molar-refractivity contribution in [3.05, 3.63) is 12.7 Å². The molecule has 0 aromatic carbocycles. The zero-order valence-electron chi connectivity index (χ0n) is 8.31. The standard InChI is InChI=1S/C9H20OSi/c1-7-8(10)11(5,6)9(2,3)4/h7-8,10H,1H2,2-6H3/t8-/m0/s1. The summed E-state index contributed by atoms with van der Waals surface area (Å²) < 4.78 is 0. The zero-order valence-corrected chi connectivity index (χ0v) is 9.31. The summed E-state index contributed by atoms with van der Waals surface area (Å²) in [7, 11) is -1.57. The molecule has 0 amide bonds. The van der Waals surface area contributed by atoms with Crippen molar-refractivity contribution in [3.8, 4) is 0 Å². The van der Waals surface area contributed by atoms with Crippen LogP contribution in [-0.2, 0) is 0 Å². The Morgan fingerprint density at radius 3 is 1.82 bits per heavy atom. The Bertz CT molecular complexity index is 144. The van der Waals surface area contributed by atoms with Crippen LogP contribution >= 0.6 is 0 Å². The van der Waals surface area contributed by atoms with Crippen molar-refractivity contribution in [2.24, 2.45) is 0 Å². The third-order valence-corrected chi connectivity index (χ3v) is 8.48. The van der Waals surface area contributed by atoms with Gasteiger partial charge in [-0.1, -0.05) is 39.9 Å². The summed E-state index contributed by atoms with van der Waals surface area (Å²) in [6.07, 6.45) is 1.66. The van der Waals surface area contributed by atoms with Crippen LogP contribution in [0.3, 0.4) is 0 Å². The monoisotopic (exact) mass is 172 g/mol. The smallest absolute Gasteiger partial charge is 0.0913 e. The third kappa shape index (κ3) is 2.17. The molecule has 0 bridgehead atoms. The van der Waals surface area contributed by atoms with Gasteiger partial charge in [-0.15, -0.1) is 6.58 Å². The van der Waals surface area contributed by atoms with E-state index in [1.807, 2.05) is 0 Å². The van der Waals surface area contributed by atoms with Gasteiger partial charge in [0.25, 0.3) is 0 Å². The molecule has 1 atom stereocenters. The molecular formula is C9H20OSi. The van der Waals surface area contributed by atoms with Crippen molar-refractivity contribution >= 4 is 8.07 Å². The van der Waals surface area contributed by atoms with Gasteiger partial charge in [-0.3, -0.25) is 0 Å². The Hall–Kier alpha value is -0.0831. The van der Waals surface area contributed by atoms with Crippen LogP contribution in [0.25, 0.3) is 0 Å². The van der Waals surface area contributed by atoms with Crippen LogP contribution in [0, 0.1) is 0 Å². The van der Waals surface area contributed by atoms with Gasteiger partial charge in [0.05, 0.1) is 13.8 Å². The van der Waals surface area contributed by atoms with Crippen LogP contribution in [0.1, 0.15) is 20.8 Å². The molecule has 0 radical (unpaired) electrons. The number of aliphatic hydroxyl groups excluding tert-OH is 1. The quantitative estimate of drug-likeness (QED) is 0.501. The van der Waals surface area contributed by atoms with Crippen molar-refractivity contribution in [1.82, 2.24) is 0 Å². The fraction of sp³-hybridized carbons (Fsp3) is 0.778. The van der Waals surface area contributed by atoms with E-state index >= 15 is 0 Å². The molecule has 0 saturated heterocycles. The molecule has 0 saturated carbocycles. The lowest BCUT2D eigenvalue weighted by Gasteiger charge is -2.39. The maximum atomic E-state index is 9.66. The summed E-state index contributed by atoms with van der Waals surface area (Å²) in [6, 6.07) is 0. The molecule has 0 aliphatic rings. The molecule has 11 heavy (non-hydrogen) atoms. The van der Waals surface area contributed by atoms with Crippen molar-refractivity contribution in [2.75, 3.05) is 0 Å². The Labute approximate surface area is 71.1 Å². The van der Waals surface area contributed by atoms with Gasteiger partial charge in [0.15, 0.2) is 0 Å². The first kappa shape index (κ1) is 10.9. The summed E-state index contributed by atoms with van der Waals surface area (Å²) in [4.78, 5) is 0. The van der Waals surface area contributed by atoms with Gasteiger partial charge in [0.1, 0.15) is 0 Å². The van der Waals surface area contributed by atoms with Gasteiger partial charge in [-0.2, -0.15) is 0 Å². The lowest BCUT2D eigenvalue weighted by Crippen LogP contribution is -2.48. The molecule has 66 valence electrons. The van der Waals surface area contributed by atoms with E-state index in [-0.39, 0.29) is 10.8 Å². The Morgan fingerprint density at radius 2 is 1.73 bits per heavy atom. The predicted octanol–water partition coefficient (Wildman–Crippen LogP) is 2.58. The first-order valence-corrected chi connectivity index (χ1v) is 7.12. The van der Waals surface area contributed by atoms with Crippen molar-refractivity contribution in [3.63, 3.8) is 0 Å². The van der Waals surface area contributed by atoms with Crippen LogP contribution in [0.2, 0.25) is 18.1 Å². The van der Waals surface area contributed by atoms with Crippen molar-refractivity contribution in [1.29, 1.82) is 0 Å². The van der Waals surface area contributed by atoms with Gasteiger partial charge in [0.2, 0.25) is 0 Å². The molecule has 0 unspecified atom stereocenters. The predicted molar refractivity (Wildman–Crippen MR) is 53.4 cm³/mol. The molecule has 0 heterocycles. The van der Waals surface area contributed by atoms with Crippen molar-refractivity contribution < 1.29 is 5.11 Å². The molecule has 0 aliphatic carbocycles. The van der Waals surface area contributed by atoms with E-state index in [9.17, 15) is 5.11 Å². The second-order valence-corrected chi connectivity index (χ2v) is 10.2. The van der Waals surface area contributed by atoms with Gasteiger partial charge in [-0.05, 0) is 5.04 Å². The third-order valence-electron chi connectivity index (χ3n) is 2.90. The average molecular weight is 172 g/mol. The molecule has 0 spiro atoms. The van der Waals surface area contributed by atoms with Gasteiger partial charge >= 0.3 is 0 Å². The van der Waals surface area contributed by atoms with Gasteiger partial charge in [-0.25, -0.2) is 0 Å². The second-order valence-electron chi connectivity index (χ2n) is 4.65. The van der Waals surface area contributed by atoms with Crippen LogP contribution in [0.5, 0.6) is 0 Å². The molecule has 2 heteroatoms. The maximum absolute atomic E-state index is 9.66. The van der Waals surface area contributed by atoms with E-state index in [4.69, 9.17) is 0 Å². The maximum Gasteiger partial charge on any atom is 0.0913 e. The van der Waals surface area contributed by atoms with Crippen LogP contribution in [0.4, 0.5) is 0 Å². The van der Waals surface area contributed by atoms with Crippen LogP contribution in [0.15, 0.2) is 12.7 Å². The fourth-order valence-corrected chi connectivity index (χ4v) is 2.21. The molecule has 0 fully saturated rings. The minimum atomic E-state index is -1.57. The highest BCUT2D eigenvalue weighted by Crippen LogP contribution is 2.38. The molecular weight excluding hydrogens is 152 g/mol. The summed E-state index contributed by atoms with van der Waals surface area (Å²) in [6.45, 7) is 14.6. The highest BCUT2D eigenvalue weighted by atomic mass is 28.3. The number of aliphatic hydroxyl groups is 1. The molecule has 1 nitrogen and oxygen atoms in total. The molecule has 0 rings (SSSR count). The average Bonchev–Trinajstić information content (AvgIpc) is 1.83. The zero-order chi connectivity index (χ0) is 9.28. The fourth-order valence-electron chi connectivity index (χ4n) is 0.738. The number of hydrogen-bond donors (Lipinski definition) is 1. The van der Waals surface area contributed by atoms with Crippen LogP contribution < -0.4 is 0 Å². The first-order valence-electron chi connectivity index (χ1n) is 4.04.